The summed E-state index contributed by atoms with van der Waals surface area (Å²) in [6.45, 7) is 1.10. The van der Waals surface area contributed by atoms with Crippen LogP contribution in [0.25, 0.3) is 10.9 Å². The molecule has 1 amide bonds. The van der Waals surface area contributed by atoms with E-state index >= 15 is 0 Å². The zero-order chi connectivity index (χ0) is 17.4. The summed E-state index contributed by atoms with van der Waals surface area (Å²) < 4.78 is 13.8. The second-order valence-electron chi connectivity index (χ2n) is 6.26. The van der Waals surface area contributed by atoms with Crippen LogP contribution in [0, 0.1) is 5.82 Å². The second-order valence-corrected chi connectivity index (χ2v) is 6.26. The predicted octanol–water partition coefficient (Wildman–Crippen LogP) is 2.41. The number of imidazole rings is 1. The lowest BCUT2D eigenvalue weighted by molar-refractivity contribution is 0.0703. The van der Waals surface area contributed by atoms with E-state index in [1.807, 2.05) is 0 Å². The molecule has 2 aromatic heterocycles. The van der Waals surface area contributed by atoms with Gasteiger partial charge in [-0.3, -0.25) is 9.59 Å². The summed E-state index contributed by atoms with van der Waals surface area (Å²) in [5, 5.41) is 0.186. The highest BCUT2D eigenvalue weighted by Gasteiger charge is 2.28. The Morgan fingerprint density at radius 1 is 1.32 bits per heavy atom. The number of rotatable bonds is 2. The lowest BCUT2D eigenvalue weighted by Gasteiger charge is -2.31. The maximum Gasteiger partial charge on any atom is 0.259 e. The average Bonchev–Trinajstić information content (AvgIpc) is 3.17. The van der Waals surface area contributed by atoms with Gasteiger partial charge in [0.05, 0.1) is 5.52 Å². The molecule has 0 bridgehead atoms. The fourth-order valence-electron chi connectivity index (χ4n) is 3.43. The number of pyridine rings is 1. The minimum absolute atomic E-state index is 0.0400. The molecule has 0 saturated carbocycles. The van der Waals surface area contributed by atoms with E-state index in [0.717, 1.165) is 18.7 Å². The van der Waals surface area contributed by atoms with E-state index in [1.165, 1.54) is 24.4 Å². The monoisotopic (exact) mass is 340 g/mol. The van der Waals surface area contributed by atoms with Crippen molar-refractivity contribution in [3.63, 3.8) is 0 Å². The molecule has 0 spiro atoms. The van der Waals surface area contributed by atoms with Crippen LogP contribution in [0.15, 0.2) is 41.6 Å². The Bertz CT molecular complexity index is 980. The van der Waals surface area contributed by atoms with Crippen LogP contribution in [0.2, 0.25) is 0 Å². The molecule has 128 valence electrons. The van der Waals surface area contributed by atoms with Crippen molar-refractivity contribution in [1.82, 2.24) is 19.9 Å². The number of fused-ring (bicyclic) bond motifs is 1. The minimum atomic E-state index is -0.510. The van der Waals surface area contributed by atoms with E-state index in [-0.39, 0.29) is 28.3 Å². The molecule has 3 heterocycles. The molecule has 0 aliphatic carbocycles. The number of aromatic amines is 2. The quantitative estimate of drug-likeness (QED) is 0.752. The third-order valence-electron chi connectivity index (χ3n) is 4.71. The molecule has 7 heteroatoms. The van der Waals surface area contributed by atoms with Crippen LogP contribution in [-0.4, -0.2) is 38.8 Å². The van der Waals surface area contributed by atoms with Gasteiger partial charge < -0.3 is 14.9 Å². The standard InChI is InChI=1S/C18H17FN4O2/c19-14-5-1-4-12-15(14)22-9-13(16(12)24)18(25)23-8-2-3-11(10-23)17-20-6-7-21-17/h1,4-7,9,11H,2-3,8,10H2,(H,20,21)(H,22,24)/t11-/m0/s1. The zero-order valence-electron chi connectivity index (χ0n) is 13.5. The number of nitrogens with zero attached hydrogens (tertiary/aromatic N) is 2. The number of hydrogen-bond acceptors (Lipinski definition) is 3. The van der Waals surface area contributed by atoms with Gasteiger partial charge >= 0.3 is 0 Å². The summed E-state index contributed by atoms with van der Waals surface area (Å²) in [5.74, 6) is 0.143. The molecular formula is C18H17FN4O2. The number of carbonyl (C=O) groups is 1. The average molecular weight is 340 g/mol. The molecule has 3 aromatic rings. The molecule has 1 aliphatic rings. The highest BCUT2D eigenvalue weighted by atomic mass is 19.1. The molecule has 0 unspecified atom stereocenters. The Balaban J connectivity index is 1.66. The zero-order valence-corrected chi connectivity index (χ0v) is 13.5. The van der Waals surface area contributed by atoms with Gasteiger partial charge in [0, 0.05) is 43.0 Å². The smallest absolute Gasteiger partial charge is 0.259 e. The van der Waals surface area contributed by atoms with Crippen LogP contribution < -0.4 is 5.43 Å². The molecule has 1 atom stereocenters. The molecular weight excluding hydrogens is 323 g/mol. The minimum Gasteiger partial charge on any atom is -0.358 e. The predicted molar refractivity (Wildman–Crippen MR) is 91.0 cm³/mol. The topological polar surface area (TPSA) is 81.8 Å². The molecule has 25 heavy (non-hydrogen) atoms. The van der Waals surface area contributed by atoms with E-state index in [4.69, 9.17) is 0 Å². The van der Waals surface area contributed by atoms with E-state index in [1.54, 1.807) is 17.3 Å². The third kappa shape index (κ3) is 2.71. The molecule has 6 nitrogen and oxygen atoms in total. The van der Waals surface area contributed by atoms with E-state index in [2.05, 4.69) is 15.0 Å². The number of nitrogens with one attached hydrogen (secondary N) is 2. The Morgan fingerprint density at radius 2 is 2.20 bits per heavy atom. The van der Waals surface area contributed by atoms with Crippen LogP contribution in [0.3, 0.4) is 0 Å². The van der Waals surface area contributed by atoms with Gasteiger partial charge in [0.25, 0.3) is 5.91 Å². The first kappa shape index (κ1) is 15.6. The molecule has 1 saturated heterocycles. The van der Waals surface area contributed by atoms with Crippen molar-refractivity contribution in [2.45, 2.75) is 18.8 Å². The van der Waals surface area contributed by atoms with Crippen molar-refractivity contribution in [2.24, 2.45) is 0 Å². The SMILES string of the molecule is O=C(c1c[nH]c2c(F)cccc2c1=O)N1CCC[C@H](c2ncc[nH]2)C1. The number of H-pyrrole nitrogens is 2. The van der Waals surface area contributed by atoms with Crippen LogP contribution >= 0.6 is 0 Å². The molecule has 1 aromatic carbocycles. The summed E-state index contributed by atoms with van der Waals surface area (Å²) in [6, 6.07) is 4.27. The maximum atomic E-state index is 13.8. The number of hydrogen-bond donors (Lipinski definition) is 2. The first-order valence-corrected chi connectivity index (χ1v) is 8.23. The van der Waals surface area contributed by atoms with Gasteiger partial charge in [-0.25, -0.2) is 9.37 Å². The van der Waals surface area contributed by atoms with Crippen LogP contribution in [0.1, 0.15) is 34.9 Å². The number of likely N-dealkylation sites (tertiary alicyclic amines) is 1. The normalized spacial score (nSPS) is 17.8. The molecule has 1 fully saturated rings. The number of halogens is 1. The van der Waals surface area contributed by atoms with Gasteiger partial charge in [-0.15, -0.1) is 0 Å². The Kier molecular flexibility index (Phi) is 3.83. The van der Waals surface area contributed by atoms with Crippen molar-refractivity contribution < 1.29 is 9.18 Å². The molecule has 2 N–H and O–H groups in total. The van der Waals surface area contributed by atoms with Gasteiger partial charge in [0.15, 0.2) is 0 Å². The summed E-state index contributed by atoms with van der Waals surface area (Å²) >= 11 is 0. The van der Waals surface area contributed by atoms with Gasteiger partial charge in [0.1, 0.15) is 17.2 Å². The number of benzene rings is 1. The lowest BCUT2D eigenvalue weighted by atomic mass is 9.96. The number of piperidine rings is 1. The van der Waals surface area contributed by atoms with Crippen molar-refractivity contribution in [1.29, 1.82) is 0 Å². The molecule has 1 aliphatic heterocycles. The van der Waals surface area contributed by atoms with Crippen molar-refractivity contribution in [2.75, 3.05) is 13.1 Å². The van der Waals surface area contributed by atoms with Gasteiger partial charge in [-0.2, -0.15) is 0 Å². The molecule has 0 radical (unpaired) electrons. The Labute approximate surface area is 142 Å². The van der Waals surface area contributed by atoms with Gasteiger partial charge in [0.2, 0.25) is 5.43 Å². The van der Waals surface area contributed by atoms with Crippen LogP contribution in [0.4, 0.5) is 4.39 Å². The maximum absolute atomic E-state index is 13.8. The first-order chi connectivity index (χ1) is 12.1. The van der Waals surface area contributed by atoms with E-state index in [9.17, 15) is 14.0 Å². The van der Waals surface area contributed by atoms with E-state index < -0.39 is 11.2 Å². The third-order valence-corrected chi connectivity index (χ3v) is 4.71. The van der Waals surface area contributed by atoms with Crippen molar-refractivity contribution >= 4 is 16.8 Å². The van der Waals surface area contributed by atoms with E-state index in [0.29, 0.717) is 13.1 Å². The highest BCUT2D eigenvalue weighted by molar-refractivity contribution is 5.97. The fraction of sp³-hybridized carbons (Fsp3) is 0.278. The summed E-state index contributed by atoms with van der Waals surface area (Å²) in [4.78, 5) is 37.2. The highest BCUT2D eigenvalue weighted by Crippen LogP contribution is 2.25. The summed E-state index contributed by atoms with van der Waals surface area (Å²) in [7, 11) is 0. The van der Waals surface area contributed by atoms with Crippen molar-refractivity contribution in [3.8, 4) is 0 Å². The number of carbonyl (C=O) groups excluding carboxylic acids is 1. The van der Waals surface area contributed by atoms with Gasteiger partial charge in [-0.1, -0.05) is 6.07 Å². The molecule has 4 rings (SSSR count). The summed E-state index contributed by atoms with van der Waals surface area (Å²) in [5.41, 5.74) is -0.285. The van der Waals surface area contributed by atoms with Crippen LogP contribution in [-0.2, 0) is 0 Å². The van der Waals surface area contributed by atoms with Crippen LogP contribution in [0.5, 0.6) is 0 Å². The number of aromatic nitrogens is 3. The Morgan fingerprint density at radius 3 is 3.00 bits per heavy atom. The van der Waals surface area contributed by atoms with Crippen molar-refractivity contribution in [3.05, 3.63) is 64.2 Å². The largest absolute Gasteiger partial charge is 0.358 e. The Hall–Kier alpha value is -2.96. The number of amides is 1. The number of para-hydroxylation sites is 1. The summed E-state index contributed by atoms with van der Waals surface area (Å²) in [6.07, 6.45) is 6.55. The first-order valence-electron chi connectivity index (χ1n) is 8.23. The lowest BCUT2D eigenvalue weighted by Crippen LogP contribution is -2.41. The fourth-order valence-corrected chi connectivity index (χ4v) is 3.43. The second kappa shape index (κ2) is 6.16. The van der Waals surface area contributed by atoms with Gasteiger partial charge in [-0.05, 0) is 25.0 Å².